The van der Waals surface area contributed by atoms with E-state index in [0.29, 0.717) is 11.6 Å². The van der Waals surface area contributed by atoms with Crippen LogP contribution in [0.4, 0.5) is 0 Å². The van der Waals surface area contributed by atoms with Crippen molar-refractivity contribution in [2.45, 2.75) is 0 Å². The molecule has 0 bridgehead atoms. The molecule has 5 heteroatoms. The Hall–Kier alpha value is -5.00. The van der Waals surface area contributed by atoms with E-state index in [4.69, 9.17) is 20.0 Å². The number of rotatable bonds is 4. The first-order chi connectivity index (χ1) is 19.3. The highest BCUT2D eigenvalue weighted by molar-refractivity contribution is 7.07. The lowest BCUT2D eigenvalue weighted by Gasteiger charge is -2.04. The molecule has 0 saturated carbocycles. The highest BCUT2D eigenvalue weighted by atomic mass is 32.1. The minimum Gasteiger partial charge on any atom is -0.225 e. The van der Waals surface area contributed by atoms with E-state index in [1.807, 2.05) is 72.8 Å². The van der Waals surface area contributed by atoms with Crippen molar-refractivity contribution in [2.24, 2.45) is 20.0 Å². The van der Waals surface area contributed by atoms with Gasteiger partial charge in [0.1, 0.15) is 0 Å². The summed E-state index contributed by atoms with van der Waals surface area (Å²) in [6, 6.07) is 45.1. The molecular weight excluding hydrogens is 496 g/mol. The molecule has 5 aromatic rings. The van der Waals surface area contributed by atoms with Crippen LogP contribution >= 0.6 is 11.3 Å². The largest absolute Gasteiger partial charge is 0.225 e. The van der Waals surface area contributed by atoms with Gasteiger partial charge in [0.05, 0.1) is 31.9 Å². The van der Waals surface area contributed by atoms with Gasteiger partial charge in [-0.25, -0.2) is 20.0 Å². The summed E-state index contributed by atoms with van der Waals surface area (Å²) in [4.78, 5) is 20.0. The molecule has 0 radical (unpaired) electrons. The predicted molar refractivity (Wildman–Crippen MR) is 162 cm³/mol. The zero-order valence-electron chi connectivity index (χ0n) is 20.9. The fraction of sp³-hybridized carbons (Fsp3) is 0. The van der Waals surface area contributed by atoms with Gasteiger partial charge >= 0.3 is 0 Å². The highest BCUT2D eigenvalue weighted by Crippen LogP contribution is 2.22. The number of nitrogens with zero attached hydrogens (tertiary/aromatic N) is 4. The van der Waals surface area contributed by atoms with Crippen molar-refractivity contribution < 1.29 is 0 Å². The molecule has 2 aliphatic heterocycles. The van der Waals surface area contributed by atoms with Crippen LogP contribution in [-0.2, 0) is 0 Å². The van der Waals surface area contributed by atoms with Crippen molar-refractivity contribution in [3.63, 3.8) is 0 Å². The second-order valence-corrected chi connectivity index (χ2v) is 10.2. The molecule has 0 amide bonds. The molecular formula is C34H22N4S. The quantitative estimate of drug-likeness (QED) is 0.286. The van der Waals surface area contributed by atoms with E-state index >= 15 is 0 Å². The summed E-state index contributed by atoms with van der Waals surface area (Å²) in [6.07, 6.45) is 0. The van der Waals surface area contributed by atoms with Gasteiger partial charge in [0.2, 0.25) is 0 Å². The normalized spacial score (nSPS) is 14.7. The first kappa shape index (κ1) is 23.1. The van der Waals surface area contributed by atoms with Crippen LogP contribution < -0.4 is 9.06 Å². The summed E-state index contributed by atoms with van der Waals surface area (Å²) in [5.74, 6) is 1.42. The van der Waals surface area contributed by atoms with E-state index in [1.54, 1.807) is 11.3 Å². The molecule has 39 heavy (non-hydrogen) atoms. The van der Waals surface area contributed by atoms with Crippen LogP contribution in [0.2, 0.25) is 0 Å². The van der Waals surface area contributed by atoms with Crippen LogP contribution in [0.25, 0.3) is 11.6 Å². The third-order valence-corrected chi connectivity index (χ3v) is 7.63. The summed E-state index contributed by atoms with van der Waals surface area (Å²) in [5, 5.41) is 0. The Kier molecular flexibility index (Phi) is 5.96. The Morgan fingerprint density at radius 3 is 0.821 bits per heavy atom. The molecule has 3 heterocycles. The van der Waals surface area contributed by atoms with Crippen molar-refractivity contribution in [1.29, 1.82) is 0 Å². The van der Waals surface area contributed by atoms with E-state index in [0.717, 1.165) is 54.2 Å². The van der Waals surface area contributed by atoms with Crippen LogP contribution in [0, 0.1) is 0 Å². The lowest BCUT2D eigenvalue weighted by atomic mass is 10.0. The van der Waals surface area contributed by atoms with Gasteiger partial charge in [-0.05, 0) is 12.1 Å². The Morgan fingerprint density at radius 2 is 0.564 bits per heavy atom. The molecule has 0 aliphatic carbocycles. The molecule has 7 rings (SSSR count). The molecule has 0 unspecified atom stereocenters. The predicted octanol–water partition coefficient (Wildman–Crippen LogP) is 5.86. The van der Waals surface area contributed by atoms with Gasteiger partial charge in [0.25, 0.3) is 0 Å². The smallest absolute Gasteiger partial charge is 0.170 e. The van der Waals surface area contributed by atoms with Crippen molar-refractivity contribution in [2.75, 3.05) is 0 Å². The molecule has 4 aromatic carbocycles. The van der Waals surface area contributed by atoms with E-state index in [9.17, 15) is 0 Å². The van der Waals surface area contributed by atoms with Crippen LogP contribution in [0.15, 0.2) is 153 Å². The fourth-order valence-corrected chi connectivity index (χ4v) is 5.55. The first-order valence-corrected chi connectivity index (χ1v) is 13.6. The maximum absolute atomic E-state index is 5.01. The minimum absolute atomic E-state index is 0.710. The summed E-state index contributed by atoms with van der Waals surface area (Å²) in [5.41, 5.74) is 7.72. The van der Waals surface area contributed by atoms with Crippen LogP contribution in [-0.4, -0.2) is 22.8 Å². The van der Waals surface area contributed by atoms with Gasteiger partial charge in [0.15, 0.2) is 11.6 Å². The van der Waals surface area contributed by atoms with E-state index in [2.05, 4.69) is 60.7 Å². The number of thiophene rings is 1. The summed E-state index contributed by atoms with van der Waals surface area (Å²) in [7, 11) is 0. The monoisotopic (exact) mass is 518 g/mol. The summed E-state index contributed by atoms with van der Waals surface area (Å²) >= 11 is 1.61. The van der Waals surface area contributed by atoms with Gasteiger partial charge in [-0.2, -0.15) is 0 Å². The van der Waals surface area contributed by atoms with Gasteiger partial charge in [0, 0.05) is 22.3 Å². The topological polar surface area (TPSA) is 49.4 Å². The molecule has 184 valence electrons. The Bertz CT molecular complexity index is 1660. The van der Waals surface area contributed by atoms with Gasteiger partial charge in [-0.3, -0.25) is 0 Å². The number of hydrogen-bond acceptors (Lipinski definition) is 5. The Morgan fingerprint density at radius 1 is 0.308 bits per heavy atom. The van der Waals surface area contributed by atoms with Crippen LogP contribution in [0.1, 0.15) is 22.3 Å². The van der Waals surface area contributed by atoms with E-state index in [-0.39, 0.29) is 0 Å². The van der Waals surface area contributed by atoms with Crippen molar-refractivity contribution in [1.82, 2.24) is 0 Å². The Balaban J connectivity index is 1.39. The average molecular weight is 519 g/mol. The van der Waals surface area contributed by atoms with Crippen molar-refractivity contribution in [3.8, 4) is 0 Å². The zero-order valence-corrected chi connectivity index (χ0v) is 21.7. The highest BCUT2D eigenvalue weighted by Gasteiger charge is 2.23. The van der Waals surface area contributed by atoms with Crippen LogP contribution in [0.3, 0.4) is 0 Å². The number of benzene rings is 4. The molecule has 0 fully saturated rings. The van der Waals surface area contributed by atoms with E-state index < -0.39 is 0 Å². The molecule has 0 spiro atoms. The lowest BCUT2D eigenvalue weighted by molar-refractivity contribution is 1.45. The first-order valence-electron chi connectivity index (χ1n) is 12.8. The summed E-state index contributed by atoms with van der Waals surface area (Å²) < 4.78 is 1.97. The second-order valence-electron chi connectivity index (χ2n) is 9.12. The summed E-state index contributed by atoms with van der Waals surface area (Å²) in [6.45, 7) is 0. The maximum atomic E-state index is 5.01. The molecule has 1 aromatic heterocycles. The molecule has 4 nitrogen and oxygen atoms in total. The third-order valence-electron chi connectivity index (χ3n) is 6.56. The molecule has 2 aliphatic rings. The zero-order chi connectivity index (χ0) is 26.0. The van der Waals surface area contributed by atoms with E-state index in [1.165, 1.54) is 0 Å². The fourth-order valence-electron chi connectivity index (χ4n) is 4.67. The SMILES string of the molecule is c1ccc(C2=NC(=c3ccc(=C4N=C(c5ccccc5)C(c5ccccc5)=N4)s3)N=C2c2ccccc2)cc1. The standard InChI is InChI=1S/C34H22N4S/c1-5-13-23(14-6-1)29-30(24-15-7-2-8-16-24)36-33(35-29)27-21-22-28(39-27)34-37-31(25-17-9-3-10-18-25)32(38-34)26-19-11-4-12-20-26/h1-22H. The van der Waals surface area contributed by atoms with Gasteiger partial charge in [-0.15, -0.1) is 11.3 Å². The number of hydrogen-bond donors (Lipinski definition) is 0. The molecule has 0 saturated heterocycles. The van der Waals surface area contributed by atoms with Gasteiger partial charge < -0.3 is 0 Å². The molecule has 0 atom stereocenters. The average Bonchev–Trinajstić information content (AvgIpc) is 3.77. The van der Waals surface area contributed by atoms with Crippen molar-refractivity contribution >= 4 is 45.8 Å². The van der Waals surface area contributed by atoms with Crippen LogP contribution in [0.5, 0.6) is 0 Å². The minimum atomic E-state index is 0.710. The second kappa shape index (κ2) is 10.0. The third kappa shape index (κ3) is 4.49. The van der Waals surface area contributed by atoms with Gasteiger partial charge in [-0.1, -0.05) is 121 Å². The molecule has 0 N–H and O–H groups in total. The van der Waals surface area contributed by atoms with Crippen molar-refractivity contribution in [3.05, 3.63) is 165 Å². The Labute approximate surface area is 230 Å². The maximum Gasteiger partial charge on any atom is 0.170 e. The lowest BCUT2D eigenvalue weighted by Crippen LogP contribution is -2.13. The number of aliphatic imine (C=N–C) groups is 4.